The first-order chi connectivity index (χ1) is 5.49. The van der Waals surface area contributed by atoms with Crippen LogP contribution in [0, 0.1) is 0 Å². The Morgan fingerprint density at radius 3 is 2.08 bits per heavy atom. The summed E-state index contributed by atoms with van der Waals surface area (Å²) in [7, 11) is 0. The first-order valence-corrected chi connectivity index (χ1v) is 2.77. The first-order valence-electron chi connectivity index (χ1n) is 2.77. The van der Waals surface area contributed by atoms with Crippen molar-refractivity contribution in [2.45, 2.75) is 0 Å². The van der Waals surface area contributed by atoms with Crippen LogP contribution in [0.15, 0.2) is 0 Å². The maximum atomic E-state index is 10.7. The number of urea groups is 3. The van der Waals surface area contributed by atoms with Crippen molar-refractivity contribution in [3.8, 4) is 0 Å². The van der Waals surface area contributed by atoms with Crippen LogP contribution in [-0.2, 0) is 0 Å². The Labute approximate surface area is 67.1 Å². The predicted octanol–water partition coefficient (Wildman–Crippen LogP) is -1.89. The number of hydrogen-bond acceptors (Lipinski definition) is 4. The molecule has 0 aromatic carbocycles. The average Bonchev–Trinajstić information content (AvgIpc) is 1.85. The van der Waals surface area contributed by atoms with Crippen molar-refractivity contribution in [2.75, 3.05) is 6.73 Å². The molecule has 0 saturated carbocycles. The van der Waals surface area contributed by atoms with Gasteiger partial charge in [-0.25, -0.2) is 19.3 Å². The molecule has 0 heterocycles. The second kappa shape index (κ2) is 4.13. The molecule has 0 fully saturated rings. The van der Waals surface area contributed by atoms with Gasteiger partial charge in [-0.1, -0.05) is 0 Å². The smallest absolute Gasteiger partial charge is 0.335 e. The van der Waals surface area contributed by atoms with Gasteiger partial charge < -0.3 is 16.6 Å². The molecular weight excluding hydrogens is 168 g/mol. The van der Waals surface area contributed by atoms with Crippen LogP contribution in [0.25, 0.3) is 0 Å². The maximum Gasteiger partial charge on any atom is 0.335 e. The normalized spacial score (nSPS) is 8.75. The molecular formula is C4H8N4O4. The number of aliphatic hydroxyl groups excluding tert-OH is 1. The molecule has 0 unspecified atom stereocenters. The van der Waals surface area contributed by atoms with E-state index in [1.807, 2.05) is 0 Å². The topological polar surface area (TPSA) is 139 Å². The Bertz CT molecular complexity index is 215. The Hall–Kier alpha value is -1.83. The van der Waals surface area contributed by atoms with Crippen LogP contribution < -0.4 is 16.8 Å². The quantitative estimate of drug-likeness (QED) is 0.346. The molecule has 0 rings (SSSR count). The molecule has 0 spiro atoms. The predicted molar refractivity (Wildman–Crippen MR) is 36.6 cm³/mol. The number of nitrogens with one attached hydrogen (secondary N) is 1. The van der Waals surface area contributed by atoms with Crippen LogP contribution in [0.2, 0.25) is 0 Å². The lowest BCUT2D eigenvalue weighted by Crippen LogP contribution is -2.49. The number of carbonyl (C=O) groups is 3. The number of nitrogens with two attached hydrogens (primary N) is 2. The van der Waals surface area contributed by atoms with Crippen molar-refractivity contribution >= 4 is 18.1 Å². The number of hydrogen-bond donors (Lipinski definition) is 4. The minimum Gasteiger partial charge on any atom is -0.376 e. The Morgan fingerprint density at radius 1 is 1.33 bits per heavy atom. The molecule has 0 saturated heterocycles. The summed E-state index contributed by atoms with van der Waals surface area (Å²) in [6.07, 6.45) is 0. The van der Waals surface area contributed by atoms with E-state index in [-0.39, 0.29) is 4.90 Å². The van der Waals surface area contributed by atoms with E-state index in [9.17, 15) is 14.4 Å². The van der Waals surface area contributed by atoms with Gasteiger partial charge >= 0.3 is 18.1 Å². The standard InChI is InChI=1S/C4H8N4O4/c5-2(10)7-4(12)8(1-9)3(6)11/h9H,1H2,(H2,6,11)(H3,5,7,10,12). The van der Waals surface area contributed by atoms with Crippen LogP contribution in [0.1, 0.15) is 0 Å². The monoisotopic (exact) mass is 176 g/mol. The van der Waals surface area contributed by atoms with Crippen LogP contribution in [-0.4, -0.2) is 34.8 Å². The molecule has 68 valence electrons. The van der Waals surface area contributed by atoms with Gasteiger partial charge in [-0.3, -0.25) is 5.32 Å². The van der Waals surface area contributed by atoms with Crippen molar-refractivity contribution < 1.29 is 19.5 Å². The van der Waals surface area contributed by atoms with Gasteiger partial charge in [-0.05, 0) is 0 Å². The van der Waals surface area contributed by atoms with Crippen LogP contribution in [0.4, 0.5) is 14.4 Å². The van der Waals surface area contributed by atoms with Gasteiger partial charge in [0.25, 0.3) is 0 Å². The molecule has 12 heavy (non-hydrogen) atoms. The largest absolute Gasteiger partial charge is 0.376 e. The number of primary amides is 2. The molecule has 0 bridgehead atoms. The summed E-state index contributed by atoms with van der Waals surface area (Å²) in [5.41, 5.74) is 9.19. The molecule has 6 N–H and O–H groups in total. The molecule has 6 amide bonds. The third-order valence-electron chi connectivity index (χ3n) is 0.883. The van der Waals surface area contributed by atoms with Crippen LogP contribution >= 0.6 is 0 Å². The van der Waals surface area contributed by atoms with E-state index < -0.39 is 24.8 Å². The van der Waals surface area contributed by atoms with E-state index in [2.05, 4.69) is 11.5 Å². The van der Waals surface area contributed by atoms with Gasteiger partial charge in [0.2, 0.25) is 0 Å². The van der Waals surface area contributed by atoms with Gasteiger partial charge in [-0.15, -0.1) is 0 Å². The van der Waals surface area contributed by atoms with E-state index in [0.29, 0.717) is 0 Å². The van der Waals surface area contributed by atoms with Gasteiger partial charge in [0.15, 0.2) is 0 Å². The number of rotatable bonds is 1. The minimum absolute atomic E-state index is 0.199. The zero-order valence-electron chi connectivity index (χ0n) is 5.98. The highest BCUT2D eigenvalue weighted by Crippen LogP contribution is 1.85. The van der Waals surface area contributed by atoms with E-state index in [1.165, 1.54) is 0 Å². The molecule has 0 aliphatic carbocycles. The fourth-order valence-electron chi connectivity index (χ4n) is 0.407. The molecule has 0 aliphatic rings. The van der Waals surface area contributed by atoms with E-state index >= 15 is 0 Å². The summed E-state index contributed by atoms with van der Waals surface area (Å²) in [4.78, 5) is 31.3. The van der Waals surface area contributed by atoms with E-state index in [1.54, 1.807) is 5.32 Å². The fraction of sp³-hybridized carbons (Fsp3) is 0.250. The molecule has 0 aromatic heterocycles. The molecule has 0 aliphatic heterocycles. The van der Waals surface area contributed by atoms with Gasteiger partial charge in [-0.2, -0.15) is 0 Å². The van der Waals surface area contributed by atoms with Gasteiger partial charge in [0, 0.05) is 0 Å². The van der Waals surface area contributed by atoms with Crippen molar-refractivity contribution in [1.29, 1.82) is 0 Å². The third-order valence-corrected chi connectivity index (χ3v) is 0.883. The highest BCUT2D eigenvalue weighted by Gasteiger charge is 2.18. The zero-order chi connectivity index (χ0) is 9.72. The number of aliphatic hydroxyl groups is 1. The lowest BCUT2D eigenvalue weighted by Gasteiger charge is -2.13. The first kappa shape index (κ1) is 10.2. The lowest BCUT2D eigenvalue weighted by atomic mass is 10.7. The highest BCUT2D eigenvalue weighted by atomic mass is 16.3. The van der Waals surface area contributed by atoms with E-state index in [4.69, 9.17) is 5.11 Å². The number of nitrogens with zero attached hydrogens (tertiary/aromatic N) is 1. The molecule has 0 aromatic rings. The summed E-state index contributed by atoms with van der Waals surface area (Å²) >= 11 is 0. The highest BCUT2D eigenvalue weighted by molar-refractivity contribution is 6.00. The SMILES string of the molecule is NC(=O)NC(=O)N(CO)C(N)=O. The average molecular weight is 176 g/mol. The van der Waals surface area contributed by atoms with Gasteiger partial charge in [0.1, 0.15) is 6.73 Å². The number of amides is 6. The lowest BCUT2D eigenvalue weighted by molar-refractivity contribution is 0.137. The number of carbonyl (C=O) groups excluding carboxylic acids is 3. The van der Waals surface area contributed by atoms with Crippen molar-refractivity contribution in [3.63, 3.8) is 0 Å². The van der Waals surface area contributed by atoms with Gasteiger partial charge in [0.05, 0.1) is 0 Å². The van der Waals surface area contributed by atoms with Crippen molar-refractivity contribution in [2.24, 2.45) is 11.5 Å². The fourth-order valence-corrected chi connectivity index (χ4v) is 0.407. The zero-order valence-corrected chi connectivity index (χ0v) is 5.98. The van der Waals surface area contributed by atoms with Crippen molar-refractivity contribution in [1.82, 2.24) is 10.2 Å². The second-order valence-electron chi connectivity index (χ2n) is 1.70. The maximum absolute atomic E-state index is 10.7. The van der Waals surface area contributed by atoms with Crippen LogP contribution in [0.5, 0.6) is 0 Å². The molecule has 8 heteroatoms. The minimum atomic E-state index is -1.18. The van der Waals surface area contributed by atoms with E-state index in [0.717, 1.165) is 0 Å². The Kier molecular flexibility index (Phi) is 3.50. The molecule has 0 atom stereocenters. The second-order valence-corrected chi connectivity index (χ2v) is 1.70. The summed E-state index contributed by atoms with van der Waals surface area (Å²) in [5.74, 6) is 0. The Morgan fingerprint density at radius 2 is 1.83 bits per heavy atom. The third kappa shape index (κ3) is 2.84. The summed E-state index contributed by atoms with van der Waals surface area (Å²) in [6.45, 7) is -0.922. The molecule has 8 nitrogen and oxygen atoms in total. The number of imide groups is 2. The Balaban J connectivity index is 4.22. The molecule has 0 radical (unpaired) electrons. The summed E-state index contributed by atoms with van der Waals surface area (Å²) in [5, 5.41) is 9.93. The van der Waals surface area contributed by atoms with Crippen molar-refractivity contribution in [3.05, 3.63) is 0 Å². The van der Waals surface area contributed by atoms with Crippen LogP contribution in [0.3, 0.4) is 0 Å². The summed E-state index contributed by atoms with van der Waals surface area (Å²) < 4.78 is 0. The summed E-state index contributed by atoms with van der Waals surface area (Å²) in [6, 6.07) is -3.49.